The van der Waals surface area contributed by atoms with E-state index in [9.17, 15) is 0 Å². The largest absolute Gasteiger partial charge is 0.135 e. The Morgan fingerprint density at radius 3 is 1.85 bits per heavy atom. The van der Waals surface area contributed by atoms with E-state index in [0.717, 1.165) is 0 Å². The number of aryl methyl sites for hydroxylation is 1. The zero-order valence-electron chi connectivity index (χ0n) is 14.8. The van der Waals surface area contributed by atoms with Crippen LogP contribution >= 0.6 is 22.7 Å². The first-order valence-corrected chi connectivity index (χ1v) is 10.7. The maximum Gasteiger partial charge on any atom is 0.0361 e. The maximum atomic E-state index is 2.38. The fourth-order valence-corrected chi connectivity index (χ4v) is 6.36. The first-order chi connectivity index (χ1) is 13.3. The van der Waals surface area contributed by atoms with Crippen LogP contribution in [-0.2, 0) is 0 Å². The van der Waals surface area contributed by atoms with Gasteiger partial charge in [-0.3, -0.25) is 0 Å². The molecule has 4 aromatic carbocycles. The molecule has 6 aromatic rings. The molecule has 0 aliphatic rings. The molecular weight excluding hydrogens is 364 g/mol. The van der Waals surface area contributed by atoms with Crippen LogP contribution in [-0.4, -0.2) is 0 Å². The van der Waals surface area contributed by atoms with Gasteiger partial charge in [0.1, 0.15) is 0 Å². The third kappa shape index (κ3) is 2.27. The number of benzene rings is 4. The Morgan fingerprint density at radius 1 is 0.519 bits per heavy atom. The van der Waals surface area contributed by atoms with Gasteiger partial charge in [0, 0.05) is 40.3 Å². The Morgan fingerprint density at radius 2 is 1.11 bits per heavy atom. The molecule has 0 nitrogen and oxygen atoms in total. The van der Waals surface area contributed by atoms with Gasteiger partial charge in [0.2, 0.25) is 0 Å². The van der Waals surface area contributed by atoms with Crippen molar-refractivity contribution in [2.24, 2.45) is 0 Å². The molecule has 6 rings (SSSR count). The first-order valence-electron chi connectivity index (χ1n) is 9.11. The molecular formula is C25H16S2. The summed E-state index contributed by atoms with van der Waals surface area (Å²) in [5, 5.41) is 5.47. The van der Waals surface area contributed by atoms with Crippen LogP contribution in [0, 0.1) is 6.92 Å². The first kappa shape index (κ1) is 15.4. The molecule has 0 saturated carbocycles. The Balaban J connectivity index is 1.60. The van der Waals surface area contributed by atoms with Crippen molar-refractivity contribution in [3.63, 3.8) is 0 Å². The van der Waals surface area contributed by atoms with Crippen LogP contribution in [0.2, 0.25) is 0 Å². The van der Waals surface area contributed by atoms with Crippen molar-refractivity contribution >= 4 is 63.0 Å². The minimum Gasteiger partial charge on any atom is -0.135 e. The van der Waals surface area contributed by atoms with E-state index in [1.165, 1.54) is 57.0 Å². The van der Waals surface area contributed by atoms with Gasteiger partial charge in [0.15, 0.2) is 0 Å². The lowest BCUT2D eigenvalue weighted by molar-refractivity contribution is 1.50. The lowest BCUT2D eigenvalue weighted by Crippen LogP contribution is -1.83. The lowest BCUT2D eigenvalue weighted by Gasteiger charge is -2.07. The Bertz CT molecular complexity index is 1480. The highest BCUT2D eigenvalue weighted by molar-refractivity contribution is 7.26. The fourth-order valence-electron chi connectivity index (χ4n) is 4.08. The summed E-state index contributed by atoms with van der Waals surface area (Å²) in [4.78, 5) is 0. The molecule has 27 heavy (non-hydrogen) atoms. The van der Waals surface area contributed by atoms with Gasteiger partial charge in [-0.1, -0.05) is 48.5 Å². The van der Waals surface area contributed by atoms with Gasteiger partial charge in [-0.15, -0.1) is 22.7 Å². The summed E-state index contributed by atoms with van der Waals surface area (Å²) in [6.45, 7) is 2.23. The second-order valence-electron chi connectivity index (χ2n) is 7.07. The van der Waals surface area contributed by atoms with E-state index in [2.05, 4.69) is 85.8 Å². The highest BCUT2D eigenvalue weighted by atomic mass is 32.1. The molecule has 0 aliphatic heterocycles. The van der Waals surface area contributed by atoms with Gasteiger partial charge in [-0.05, 0) is 53.9 Å². The Labute approximate surface area is 165 Å². The molecule has 2 aromatic heterocycles. The highest BCUT2D eigenvalue weighted by Gasteiger charge is 2.11. The van der Waals surface area contributed by atoms with Crippen molar-refractivity contribution in [2.45, 2.75) is 6.92 Å². The van der Waals surface area contributed by atoms with E-state index in [0.29, 0.717) is 0 Å². The minimum atomic E-state index is 1.31. The third-order valence-corrected chi connectivity index (χ3v) is 7.68. The monoisotopic (exact) mass is 380 g/mol. The SMILES string of the molecule is Cc1cc2c(cc1-c1ccc3c(c1)sc1ccccc13)sc1ccccc12. The second-order valence-corrected chi connectivity index (χ2v) is 9.24. The van der Waals surface area contributed by atoms with Crippen molar-refractivity contribution < 1.29 is 0 Å². The molecule has 2 heterocycles. The van der Waals surface area contributed by atoms with E-state index in [-0.39, 0.29) is 0 Å². The summed E-state index contributed by atoms with van der Waals surface area (Å²) in [5.41, 5.74) is 3.99. The van der Waals surface area contributed by atoms with E-state index in [1.54, 1.807) is 0 Å². The standard InChI is InChI=1S/C25H16S2/c1-15-12-21-18-7-3-5-9-23(18)27-25(21)14-20(15)16-10-11-19-17-6-2-4-8-22(17)26-24(19)13-16/h2-14H,1H3. The molecule has 0 amide bonds. The molecule has 2 heteroatoms. The zero-order valence-corrected chi connectivity index (χ0v) is 16.5. The summed E-state index contributed by atoms with van der Waals surface area (Å²) >= 11 is 3.78. The number of hydrogen-bond donors (Lipinski definition) is 0. The van der Waals surface area contributed by atoms with Crippen LogP contribution in [0.15, 0.2) is 78.9 Å². The van der Waals surface area contributed by atoms with Crippen molar-refractivity contribution in [1.82, 2.24) is 0 Å². The van der Waals surface area contributed by atoms with Gasteiger partial charge in [0.25, 0.3) is 0 Å². The maximum absolute atomic E-state index is 2.38. The normalized spacial score (nSPS) is 11.9. The summed E-state index contributed by atoms with van der Waals surface area (Å²) in [6.07, 6.45) is 0. The zero-order chi connectivity index (χ0) is 18.0. The number of thiophene rings is 2. The van der Waals surface area contributed by atoms with Crippen LogP contribution < -0.4 is 0 Å². The molecule has 0 radical (unpaired) electrons. The molecule has 0 aliphatic carbocycles. The molecule has 0 spiro atoms. The fraction of sp³-hybridized carbons (Fsp3) is 0.0400. The quantitative estimate of drug-likeness (QED) is 0.269. The molecule has 0 atom stereocenters. The lowest BCUT2D eigenvalue weighted by atomic mass is 9.97. The molecule has 0 saturated heterocycles. The van der Waals surface area contributed by atoms with Crippen molar-refractivity contribution in [3.05, 3.63) is 84.4 Å². The Hall–Kier alpha value is -2.68. The van der Waals surface area contributed by atoms with Crippen molar-refractivity contribution in [2.75, 3.05) is 0 Å². The summed E-state index contributed by atoms with van der Waals surface area (Å²) in [5.74, 6) is 0. The van der Waals surface area contributed by atoms with Gasteiger partial charge in [-0.25, -0.2) is 0 Å². The summed E-state index contributed by atoms with van der Waals surface area (Å²) in [6, 6.07) is 29.1. The molecule has 0 bridgehead atoms. The van der Waals surface area contributed by atoms with Crippen LogP contribution in [0.25, 0.3) is 51.5 Å². The number of hydrogen-bond acceptors (Lipinski definition) is 2. The average Bonchev–Trinajstić information content (AvgIpc) is 3.24. The third-order valence-electron chi connectivity index (χ3n) is 5.41. The summed E-state index contributed by atoms with van der Waals surface area (Å²) in [7, 11) is 0. The van der Waals surface area contributed by atoms with Gasteiger partial charge in [0.05, 0.1) is 0 Å². The van der Waals surface area contributed by atoms with E-state index in [4.69, 9.17) is 0 Å². The van der Waals surface area contributed by atoms with E-state index >= 15 is 0 Å². The molecule has 0 N–H and O–H groups in total. The summed E-state index contributed by atoms with van der Waals surface area (Å²) < 4.78 is 5.46. The van der Waals surface area contributed by atoms with E-state index in [1.807, 2.05) is 22.7 Å². The predicted octanol–water partition coefficient (Wildman–Crippen LogP) is 8.40. The molecule has 128 valence electrons. The predicted molar refractivity (Wildman–Crippen MR) is 122 cm³/mol. The van der Waals surface area contributed by atoms with Crippen molar-refractivity contribution in [3.8, 4) is 11.1 Å². The smallest absolute Gasteiger partial charge is 0.0361 e. The average molecular weight is 381 g/mol. The van der Waals surface area contributed by atoms with Crippen LogP contribution in [0.1, 0.15) is 5.56 Å². The van der Waals surface area contributed by atoms with Crippen LogP contribution in [0.3, 0.4) is 0 Å². The number of rotatable bonds is 1. The van der Waals surface area contributed by atoms with Gasteiger partial charge in [-0.2, -0.15) is 0 Å². The topological polar surface area (TPSA) is 0 Å². The van der Waals surface area contributed by atoms with Gasteiger partial charge >= 0.3 is 0 Å². The minimum absolute atomic E-state index is 1.31. The highest BCUT2D eigenvalue weighted by Crippen LogP contribution is 2.40. The van der Waals surface area contributed by atoms with Crippen LogP contribution in [0.5, 0.6) is 0 Å². The van der Waals surface area contributed by atoms with Gasteiger partial charge < -0.3 is 0 Å². The number of fused-ring (bicyclic) bond motifs is 6. The molecule has 0 unspecified atom stereocenters. The second kappa shape index (κ2) is 5.66. The Kier molecular flexibility index (Phi) is 3.22. The van der Waals surface area contributed by atoms with Crippen LogP contribution in [0.4, 0.5) is 0 Å². The molecule has 0 fully saturated rings. The van der Waals surface area contributed by atoms with E-state index < -0.39 is 0 Å². The van der Waals surface area contributed by atoms with Crippen molar-refractivity contribution in [1.29, 1.82) is 0 Å².